The average molecular weight is 545 g/mol. The van der Waals surface area contributed by atoms with Crippen molar-refractivity contribution in [3.8, 4) is 5.75 Å². The van der Waals surface area contributed by atoms with Crippen LogP contribution in [-0.4, -0.2) is 70.0 Å². The number of amides is 3. The number of H-pyrrole nitrogens is 1. The maximum absolute atomic E-state index is 13.7. The van der Waals surface area contributed by atoms with Gasteiger partial charge in [-0.2, -0.15) is 0 Å². The zero-order valence-electron chi connectivity index (χ0n) is 21.7. The van der Waals surface area contributed by atoms with Gasteiger partial charge in [0.05, 0.1) is 12.6 Å². The van der Waals surface area contributed by atoms with E-state index in [1.165, 1.54) is 7.11 Å². The summed E-state index contributed by atoms with van der Waals surface area (Å²) in [6, 6.07) is 3.04. The maximum Gasteiger partial charge on any atom is 0.326 e. The average Bonchev–Trinajstić information content (AvgIpc) is 3.59. The fraction of sp³-hybridized carbons (Fsp3) is 0.556. The molecule has 0 bridgehead atoms. The van der Waals surface area contributed by atoms with E-state index in [1.54, 1.807) is 23.1 Å². The topological polar surface area (TPSA) is 141 Å². The number of nitrogens with one attached hydrogen (secondary N) is 3. The van der Waals surface area contributed by atoms with Crippen LogP contribution < -0.4 is 15.4 Å². The molecule has 2 aromatic rings. The SMILES string of the molecule is COc1cc(Cl)cc2[nH]c(C(=O)N3C[C@@H]4CCC[C@@H]4[C@H]3C(=O)N[C@@H](C[C@@H]3CC(C)(C)NC3=O)C(=O)O)cc12. The van der Waals surface area contributed by atoms with Crippen molar-refractivity contribution in [2.45, 2.75) is 63.6 Å². The number of rotatable bonds is 7. The molecule has 2 aliphatic heterocycles. The molecule has 0 unspecified atom stereocenters. The highest BCUT2D eigenvalue weighted by atomic mass is 35.5. The predicted molar refractivity (Wildman–Crippen MR) is 140 cm³/mol. The highest BCUT2D eigenvalue weighted by Crippen LogP contribution is 2.43. The number of benzene rings is 1. The van der Waals surface area contributed by atoms with Crippen molar-refractivity contribution >= 4 is 46.2 Å². The number of likely N-dealkylation sites (tertiary alicyclic amines) is 1. The first-order chi connectivity index (χ1) is 18.0. The molecule has 3 aliphatic rings. The van der Waals surface area contributed by atoms with Gasteiger partial charge < -0.3 is 30.4 Å². The molecular formula is C27H33ClN4O6. The van der Waals surface area contributed by atoms with Gasteiger partial charge in [-0.1, -0.05) is 18.0 Å². The minimum Gasteiger partial charge on any atom is -0.496 e. The lowest BCUT2D eigenvalue weighted by atomic mass is 9.90. The Kier molecular flexibility index (Phi) is 6.79. The summed E-state index contributed by atoms with van der Waals surface area (Å²) in [5.74, 6) is -2.10. The van der Waals surface area contributed by atoms with Gasteiger partial charge in [-0.05, 0) is 69.6 Å². The summed E-state index contributed by atoms with van der Waals surface area (Å²) in [5.41, 5.74) is 0.521. The van der Waals surface area contributed by atoms with Crippen molar-refractivity contribution in [1.82, 2.24) is 20.5 Å². The zero-order chi connectivity index (χ0) is 27.4. The number of fused-ring (bicyclic) bond motifs is 2. The lowest BCUT2D eigenvalue weighted by Gasteiger charge is -2.28. The van der Waals surface area contributed by atoms with Crippen LogP contribution in [0.3, 0.4) is 0 Å². The Balaban J connectivity index is 1.38. The number of carbonyl (C=O) groups excluding carboxylic acids is 3. The Hall–Kier alpha value is -3.27. The molecule has 1 aromatic carbocycles. The van der Waals surface area contributed by atoms with E-state index in [4.69, 9.17) is 16.3 Å². The van der Waals surface area contributed by atoms with Crippen LogP contribution in [0.2, 0.25) is 5.02 Å². The number of carboxylic acids is 1. The normalized spacial score (nSPS) is 26.7. The van der Waals surface area contributed by atoms with E-state index < -0.39 is 35.4 Å². The molecule has 0 spiro atoms. The van der Waals surface area contributed by atoms with Crippen LogP contribution in [-0.2, 0) is 14.4 Å². The Bertz CT molecular complexity index is 1310. The second-order valence-electron chi connectivity index (χ2n) is 11.4. The van der Waals surface area contributed by atoms with E-state index in [-0.39, 0.29) is 30.1 Å². The third kappa shape index (κ3) is 4.81. The summed E-state index contributed by atoms with van der Waals surface area (Å²) >= 11 is 6.19. The van der Waals surface area contributed by atoms with Crippen molar-refractivity contribution in [3.63, 3.8) is 0 Å². The number of methoxy groups -OCH3 is 1. The number of halogens is 1. The van der Waals surface area contributed by atoms with Crippen molar-refractivity contribution in [1.29, 1.82) is 0 Å². The quantitative estimate of drug-likeness (QED) is 0.422. The largest absolute Gasteiger partial charge is 0.496 e. The molecule has 5 atom stereocenters. The summed E-state index contributed by atoms with van der Waals surface area (Å²) < 4.78 is 5.41. The summed E-state index contributed by atoms with van der Waals surface area (Å²) in [6.07, 6.45) is 3.14. The molecule has 2 saturated heterocycles. The smallest absolute Gasteiger partial charge is 0.326 e. The van der Waals surface area contributed by atoms with E-state index in [9.17, 15) is 24.3 Å². The molecule has 5 rings (SSSR count). The van der Waals surface area contributed by atoms with Crippen molar-refractivity contribution in [2.24, 2.45) is 17.8 Å². The molecule has 3 fully saturated rings. The van der Waals surface area contributed by atoms with Gasteiger partial charge in [-0.15, -0.1) is 0 Å². The van der Waals surface area contributed by atoms with E-state index in [0.717, 1.165) is 19.3 Å². The van der Waals surface area contributed by atoms with Crippen LogP contribution in [0.5, 0.6) is 5.75 Å². The van der Waals surface area contributed by atoms with Gasteiger partial charge in [-0.3, -0.25) is 14.4 Å². The Labute approximate surface area is 225 Å². The standard InChI is InChI=1S/C27H33ClN4O6/c1-27(2)11-14(23(33)31-27)7-20(26(36)37)30-24(34)22-16-6-4-5-13(16)12-32(22)25(35)19-10-17-18(29-19)8-15(28)9-21(17)38-3/h8-10,13-14,16,20,22,29H,4-7,11-12H2,1-3H3,(H,30,34)(H,31,33)(H,36,37)/t13-,14+,16-,20-,22-/m0/s1. The first-order valence-corrected chi connectivity index (χ1v) is 13.4. The number of aliphatic carboxylic acids is 1. The molecule has 3 amide bonds. The summed E-state index contributed by atoms with van der Waals surface area (Å²) in [4.78, 5) is 56.5. The van der Waals surface area contributed by atoms with E-state index in [2.05, 4.69) is 15.6 Å². The second kappa shape index (κ2) is 9.80. The van der Waals surface area contributed by atoms with Crippen molar-refractivity contribution in [3.05, 3.63) is 28.9 Å². The van der Waals surface area contributed by atoms with Crippen LogP contribution in [0, 0.1) is 17.8 Å². The van der Waals surface area contributed by atoms with Crippen LogP contribution in [0.25, 0.3) is 10.9 Å². The van der Waals surface area contributed by atoms with Gasteiger partial charge in [-0.25, -0.2) is 4.79 Å². The predicted octanol–water partition coefficient (Wildman–Crippen LogP) is 2.94. The summed E-state index contributed by atoms with van der Waals surface area (Å²) in [6.45, 7) is 4.19. The van der Waals surface area contributed by atoms with E-state index in [0.29, 0.717) is 40.3 Å². The van der Waals surface area contributed by atoms with Crippen LogP contribution >= 0.6 is 11.6 Å². The molecule has 204 valence electrons. The molecule has 4 N–H and O–H groups in total. The maximum atomic E-state index is 13.7. The Morgan fingerprint density at radius 2 is 2.03 bits per heavy atom. The van der Waals surface area contributed by atoms with Gasteiger partial charge in [0.2, 0.25) is 11.8 Å². The number of hydrogen-bond acceptors (Lipinski definition) is 5. The van der Waals surface area contributed by atoms with Gasteiger partial charge in [0.25, 0.3) is 5.91 Å². The summed E-state index contributed by atoms with van der Waals surface area (Å²) in [7, 11) is 1.52. The molecule has 38 heavy (non-hydrogen) atoms. The number of aromatic amines is 1. The van der Waals surface area contributed by atoms with Gasteiger partial charge in [0.15, 0.2) is 0 Å². The van der Waals surface area contributed by atoms with Gasteiger partial charge in [0.1, 0.15) is 23.5 Å². The lowest BCUT2D eigenvalue weighted by Crippen LogP contribution is -2.53. The van der Waals surface area contributed by atoms with Gasteiger partial charge in [0, 0.05) is 28.4 Å². The molecule has 3 heterocycles. The van der Waals surface area contributed by atoms with Crippen LogP contribution in [0.15, 0.2) is 18.2 Å². The number of nitrogens with zero attached hydrogens (tertiary/aromatic N) is 1. The number of carbonyl (C=O) groups is 4. The first-order valence-electron chi connectivity index (χ1n) is 13.0. The number of aromatic nitrogens is 1. The Morgan fingerprint density at radius 1 is 1.26 bits per heavy atom. The molecule has 1 aliphatic carbocycles. The minimum absolute atomic E-state index is 0.00628. The lowest BCUT2D eigenvalue weighted by molar-refractivity contribution is -0.143. The monoisotopic (exact) mass is 544 g/mol. The summed E-state index contributed by atoms with van der Waals surface area (Å²) in [5, 5.41) is 16.6. The molecule has 1 saturated carbocycles. The number of ether oxygens (including phenoxy) is 1. The van der Waals surface area contributed by atoms with Crippen LogP contribution in [0.4, 0.5) is 0 Å². The number of hydrogen-bond donors (Lipinski definition) is 4. The fourth-order valence-electron chi connectivity index (χ4n) is 6.61. The van der Waals surface area contributed by atoms with E-state index >= 15 is 0 Å². The van der Waals surface area contributed by atoms with Crippen molar-refractivity contribution < 1.29 is 29.0 Å². The molecule has 1 aromatic heterocycles. The zero-order valence-corrected chi connectivity index (χ0v) is 22.4. The number of carboxylic acid groups (broad SMARTS) is 1. The third-order valence-electron chi connectivity index (χ3n) is 8.26. The van der Waals surface area contributed by atoms with E-state index in [1.807, 2.05) is 13.8 Å². The molecule has 10 nitrogen and oxygen atoms in total. The van der Waals surface area contributed by atoms with Crippen molar-refractivity contribution in [2.75, 3.05) is 13.7 Å². The second-order valence-corrected chi connectivity index (χ2v) is 11.9. The molecule has 11 heteroatoms. The first kappa shape index (κ1) is 26.3. The Morgan fingerprint density at radius 3 is 2.68 bits per heavy atom. The van der Waals surface area contributed by atoms with Crippen LogP contribution in [0.1, 0.15) is 56.4 Å². The fourth-order valence-corrected chi connectivity index (χ4v) is 6.82. The highest BCUT2D eigenvalue weighted by molar-refractivity contribution is 6.31. The van der Waals surface area contributed by atoms with Gasteiger partial charge >= 0.3 is 5.97 Å². The molecular weight excluding hydrogens is 512 g/mol. The minimum atomic E-state index is -1.23. The highest BCUT2D eigenvalue weighted by Gasteiger charge is 2.50. The molecule has 0 radical (unpaired) electrons. The third-order valence-corrected chi connectivity index (χ3v) is 8.48.